The van der Waals surface area contributed by atoms with Gasteiger partial charge in [0.15, 0.2) is 0 Å². The maximum absolute atomic E-state index is 13.1. The van der Waals surface area contributed by atoms with Crippen molar-refractivity contribution < 1.29 is 4.39 Å². The van der Waals surface area contributed by atoms with E-state index in [1.54, 1.807) is 0 Å². The van der Waals surface area contributed by atoms with E-state index in [4.69, 9.17) is 5.41 Å². The van der Waals surface area contributed by atoms with Crippen LogP contribution in [0.2, 0.25) is 0 Å². The number of benzene rings is 1. The summed E-state index contributed by atoms with van der Waals surface area (Å²) in [7, 11) is 0. The Kier molecular flexibility index (Phi) is 4.09. The van der Waals surface area contributed by atoms with Crippen LogP contribution in [0, 0.1) is 11.2 Å². The molecule has 2 nitrogen and oxygen atoms in total. The van der Waals surface area contributed by atoms with Crippen molar-refractivity contribution >= 4 is 12.4 Å². The first-order valence-electron chi connectivity index (χ1n) is 7.79. The van der Waals surface area contributed by atoms with Crippen LogP contribution in [0.15, 0.2) is 24.3 Å². The van der Waals surface area contributed by atoms with Gasteiger partial charge in [0, 0.05) is 17.9 Å². The zero-order valence-corrected chi connectivity index (χ0v) is 13.3. The second-order valence-electron chi connectivity index (χ2n) is 6.15. The molecule has 0 bridgehead atoms. The van der Waals surface area contributed by atoms with Crippen molar-refractivity contribution in [3.05, 3.63) is 63.5 Å². The number of halogens is 2. The molecule has 1 aromatic heterocycles. The van der Waals surface area contributed by atoms with Crippen LogP contribution in [0.1, 0.15) is 40.9 Å². The maximum Gasteiger partial charge on any atom is 0.123 e. The molecule has 116 valence electrons. The molecule has 2 aromatic rings. The van der Waals surface area contributed by atoms with Crippen LogP contribution in [0.3, 0.4) is 0 Å². The van der Waals surface area contributed by atoms with Crippen LogP contribution in [0.25, 0.3) is 0 Å². The zero-order chi connectivity index (χ0) is 14.4. The minimum atomic E-state index is -0.180. The molecule has 0 atom stereocenters. The Morgan fingerprint density at radius 1 is 0.909 bits per heavy atom. The first-order valence-corrected chi connectivity index (χ1v) is 7.79. The molecule has 0 saturated heterocycles. The van der Waals surface area contributed by atoms with Gasteiger partial charge in [0.1, 0.15) is 5.82 Å². The molecule has 0 radical (unpaired) electrons. The van der Waals surface area contributed by atoms with Crippen LogP contribution in [-0.2, 0) is 32.2 Å². The van der Waals surface area contributed by atoms with Crippen molar-refractivity contribution in [1.82, 2.24) is 4.57 Å². The summed E-state index contributed by atoms with van der Waals surface area (Å²) in [5, 5.41) is 9.26. The Morgan fingerprint density at radius 3 is 2.00 bits per heavy atom. The summed E-state index contributed by atoms with van der Waals surface area (Å²) in [6, 6.07) is 6.82. The highest BCUT2D eigenvalue weighted by Crippen LogP contribution is 2.28. The van der Waals surface area contributed by atoms with Gasteiger partial charge in [-0.25, -0.2) is 4.39 Å². The number of rotatable bonds is 2. The molecule has 0 fully saturated rings. The van der Waals surface area contributed by atoms with Crippen LogP contribution < -0.4 is 5.36 Å². The van der Waals surface area contributed by atoms with Crippen molar-refractivity contribution in [1.29, 1.82) is 5.41 Å². The molecule has 22 heavy (non-hydrogen) atoms. The standard InChI is InChI=1S/C18H19FN2.ClH/c19-13-9-7-12(8-10-13)11-21-16-5-1-3-14(16)18(20)15-4-2-6-17(15)21;/h7-10,20H,1-6,11H2;1H. The van der Waals surface area contributed by atoms with Gasteiger partial charge in [0.05, 0.1) is 5.36 Å². The van der Waals surface area contributed by atoms with Gasteiger partial charge in [0.25, 0.3) is 0 Å². The fourth-order valence-electron chi connectivity index (χ4n) is 3.90. The maximum atomic E-state index is 13.1. The summed E-state index contributed by atoms with van der Waals surface area (Å²) in [5.74, 6) is -0.180. The summed E-state index contributed by atoms with van der Waals surface area (Å²) in [5.41, 5.74) is 6.37. The average Bonchev–Trinajstić information content (AvgIpc) is 3.15. The van der Waals surface area contributed by atoms with E-state index in [-0.39, 0.29) is 18.2 Å². The van der Waals surface area contributed by atoms with Crippen molar-refractivity contribution in [2.45, 2.75) is 45.1 Å². The Morgan fingerprint density at radius 2 is 1.45 bits per heavy atom. The molecular weight excluding hydrogens is 299 g/mol. The molecule has 2 aliphatic carbocycles. The summed E-state index contributed by atoms with van der Waals surface area (Å²) in [4.78, 5) is 0. The summed E-state index contributed by atoms with van der Waals surface area (Å²) in [6.07, 6.45) is 6.57. The molecule has 2 aliphatic rings. The predicted octanol–water partition coefficient (Wildman–Crippen LogP) is 3.55. The fraction of sp³-hybridized carbons (Fsp3) is 0.389. The normalized spacial score (nSPS) is 15.3. The van der Waals surface area contributed by atoms with Gasteiger partial charge in [-0.3, -0.25) is 0 Å². The highest BCUT2D eigenvalue weighted by Gasteiger charge is 2.25. The highest BCUT2D eigenvalue weighted by molar-refractivity contribution is 5.85. The quantitative estimate of drug-likeness (QED) is 0.877. The number of nitrogens with zero attached hydrogens (tertiary/aromatic N) is 1. The van der Waals surface area contributed by atoms with E-state index in [9.17, 15) is 4.39 Å². The first kappa shape index (κ1) is 15.3. The minimum Gasteiger partial charge on any atom is -0.344 e. The summed E-state index contributed by atoms with van der Waals surface area (Å²) in [6.45, 7) is 0.811. The molecule has 4 rings (SSSR count). The Labute approximate surface area is 135 Å². The van der Waals surface area contributed by atoms with E-state index >= 15 is 0 Å². The SMILES string of the molecule is Cl.N=c1c2c(n(Cc3ccc(F)cc3)c3c1CCC3)CCC2. The lowest BCUT2D eigenvalue weighted by Crippen LogP contribution is -2.22. The van der Waals surface area contributed by atoms with Crippen molar-refractivity contribution in [3.8, 4) is 0 Å². The molecule has 4 heteroatoms. The molecule has 1 N–H and O–H groups in total. The van der Waals surface area contributed by atoms with Crippen molar-refractivity contribution in [2.75, 3.05) is 0 Å². The number of aromatic nitrogens is 1. The largest absolute Gasteiger partial charge is 0.344 e. The van der Waals surface area contributed by atoms with Gasteiger partial charge >= 0.3 is 0 Å². The number of fused-ring (bicyclic) bond motifs is 2. The third kappa shape index (κ3) is 2.38. The van der Waals surface area contributed by atoms with Gasteiger partial charge < -0.3 is 9.98 Å². The number of nitrogens with one attached hydrogen (secondary N) is 1. The number of hydrogen-bond donors (Lipinski definition) is 1. The van der Waals surface area contributed by atoms with Gasteiger partial charge in [-0.2, -0.15) is 0 Å². The van der Waals surface area contributed by atoms with Crippen molar-refractivity contribution in [2.24, 2.45) is 0 Å². The van der Waals surface area contributed by atoms with Gasteiger partial charge in [-0.05, 0) is 67.3 Å². The Balaban J connectivity index is 0.00000144. The first-order chi connectivity index (χ1) is 10.2. The molecule has 1 aromatic carbocycles. The number of hydrogen-bond acceptors (Lipinski definition) is 1. The van der Waals surface area contributed by atoms with E-state index in [2.05, 4.69) is 4.57 Å². The molecule has 0 spiro atoms. The van der Waals surface area contributed by atoms with Crippen LogP contribution in [0.5, 0.6) is 0 Å². The third-order valence-electron chi connectivity index (χ3n) is 4.89. The lowest BCUT2D eigenvalue weighted by molar-refractivity contribution is 0.625. The lowest BCUT2D eigenvalue weighted by atomic mass is 10.1. The average molecular weight is 319 g/mol. The van der Waals surface area contributed by atoms with E-state index in [1.165, 1.54) is 34.6 Å². The smallest absolute Gasteiger partial charge is 0.123 e. The predicted molar refractivity (Wildman–Crippen MR) is 87.1 cm³/mol. The van der Waals surface area contributed by atoms with Crippen LogP contribution in [0.4, 0.5) is 4.39 Å². The van der Waals surface area contributed by atoms with E-state index in [0.717, 1.165) is 56.0 Å². The monoisotopic (exact) mass is 318 g/mol. The second-order valence-corrected chi connectivity index (χ2v) is 6.15. The van der Waals surface area contributed by atoms with Crippen LogP contribution in [-0.4, -0.2) is 4.57 Å². The van der Waals surface area contributed by atoms with Crippen molar-refractivity contribution in [3.63, 3.8) is 0 Å². The molecule has 1 heterocycles. The van der Waals surface area contributed by atoms with Gasteiger partial charge in [-0.15, -0.1) is 12.4 Å². The van der Waals surface area contributed by atoms with Gasteiger partial charge in [-0.1, -0.05) is 12.1 Å². The van der Waals surface area contributed by atoms with Crippen LogP contribution >= 0.6 is 12.4 Å². The topological polar surface area (TPSA) is 28.8 Å². The van der Waals surface area contributed by atoms with E-state index in [0.29, 0.717) is 0 Å². The van der Waals surface area contributed by atoms with E-state index < -0.39 is 0 Å². The third-order valence-corrected chi connectivity index (χ3v) is 4.89. The minimum absolute atomic E-state index is 0. The fourth-order valence-corrected chi connectivity index (χ4v) is 3.90. The summed E-state index contributed by atoms with van der Waals surface area (Å²) < 4.78 is 15.5. The Bertz CT molecular complexity index is 724. The molecular formula is C18H20ClFN2. The number of pyridine rings is 1. The van der Waals surface area contributed by atoms with E-state index in [1.807, 2.05) is 12.1 Å². The summed E-state index contributed by atoms with van der Waals surface area (Å²) >= 11 is 0. The molecule has 0 amide bonds. The Hall–Kier alpha value is -1.61. The zero-order valence-electron chi connectivity index (χ0n) is 12.5. The molecule has 0 saturated carbocycles. The molecule has 0 aliphatic heterocycles. The van der Waals surface area contributed by atoms with Gasteiger partial charge in [0.2, 0.25) is 0 Å². The lowest BCUT2D eigenvalue weighted by Gasteiger charge is -2.19. The molecule has 0 unspecified atom stereocenters. The second kappa shape index (κ2) is 5.88. The highest BCUT2D eigenvalue weighted by atomic mass is 35.5.